The molecule has 1 aromatic rings. The van der Waals surface area contributed by atoms with Gasteiger partial charge in [0, 0.05) is 0 Å². The van der Waals surface area contributed by atoms with Gasteiger partial charge in [-0.25, -0.2) is 0 Å². The zero-order valence-corrected chi connectivity index (χ0v) is 13.5. The van der Waals surface area contributed by atoms with Crippen LogP contribution in [0.1, 0.15) is 5.56 Å². The topological polar surface area (TPSA) is 176 Å². The number of benzene rings is 1. The van der Waals surface area contributed by atoms with Crippen LogP contribution in [0.2, 0.25) is 0 Å². The van der Waals surface area contributed by atoms with Gasteiger partial charge in [0.25, 0.3) is 0 Å². The number of hydrogen-bond donors (Lipinski definition) is 6. The van der Waals surface area contributed by atoms with Gasteiger partial charge < -0.3 is 29.8 Å². The van der Waals surface area contributed by atoms with E-state index in [1.807, 2.05) is 0 Å². The Morgan fingerprint density at radius 2 is 1.43 bits per heavy atom. The van der Waals surface area contributed by atoms with Crippen molar-refractivity contribution >= 4 is 21.2 Å². The predicted molar refractivity (Wildman–Crippen MR) is 78.9 cm³/mol. The third-order valence-electron chi connectivity index (χ3n) is 2.82. The van der Waals surface area contributed by atoms with Gasteiger partial charge >= 0.3 is 21.2 Å². The second kappa shape index (κ2) is 7.55. The Hall–Kier alpha value is -1.25. The Bertz CT molecular complexity index is 611. The third-order valence-corrected chi connectivity index (χ3v) is 4.29. The van der Waals surface area contributed by atoms with Crippen molar-refractivity contribution in [2.24, 2.45) is 0 Å². The van der Waals surface area contributed by atoms with Gasteiger partial charge in [0.1, 0.15) is 24.4 Å². The Morgan fingerprint density at radius 3 is 1.78 bits per heavy atom. The molecule has 0 unspecified atom stereocenters. The first-order valence-electron chi connectivity index (χ1n) is 6.21. The third kappa shape index (κ3) is 7.71. The predicted octanol–water partition coefficient (Wildman–Crippen LogP) is -0.0397. The fraction of sp³-hybridized carbons (Fsp3) is 0.364. The van der Waals surface area contributed by atoms with Crippen LogP contribution in [-0.4, -0.2) is 59.3 Å². The molecule has 0 saturated carbocycles. The van der Waals surface area contributed by atoms with Crippen LogP contribution in [0.25, 0.3) is 0 Å². The number of aliphatic carboxylic acids is 1. The maximum atomic E-state index is 11.4. The number of hydrogen-bond acceptors (Lipinski definition) is 5. The molecule has 23 heavy (non-hydrogen) atoms. The fourth-order valence-electron chi connectivity index (χ4n) is 1.94. The highest BCUT2D eigenvalue weighted by Crippen LogP contribution is 2.42. The first kappa shape index (κ1) is 19.8. The van der Waals surface area contributed by atoms with E-state index >= 15 is 0 Å². The van der Waals surface area contributed by atoms with Gasteiger partial charge in [-0.1, -0.05) is 12.1 Å². The first-order valence-corrected chi connectivity index (χ1v) is 9.81. The Balaban J connectivity index is 3.08. The first-order chi connectivity index (χ1) is 10.4. The highest BCUT2D eigenvalue weighted by atomic mass is 31.2. The van der Waals surface area contributed by atoms with Gasteiger partial charge in [0.2, 0.25) is 0 Å². The van der Waals surface area contributed by atoms with Gasteiger partial charge in [-0.2, -0.15) is 0 Å². The molecule has 1 aromatic carbocycles. The highest BCUT2D eigenvalue weighted by Gasteiger charge is 2.34. The minimum absolute atomic E-state index is 0.0529. The van der Waals surface area contributed by atoms with Crippen LogP contribution in [0.15, 0.2) is 24.3 Å². The van der Waals surface area contributed by atoms with Crippen molar-refractivity contribution in [1.29, 1.82) is 0 Å². The summed E-state index contributed by atoms with van der Waals surface area (Å²) < 4.78 is 22.3. The van der Waals surface area contributed by atoms with Crippen LogP contribution in [0.4, 0.5) is 0 Å². The maximum absolute atomic E-state index is 11.4. The average molecular weight is 369 g/mol. The summed E-state index contributed by atoms with van der Waals surface area (Å²) in [5, 5.41) is 18.4. The molecule has 0 saturated heterocycles. The van der Waals surface area contributed by atoms with E-state index in [4.69, 9.17) is 19.6 Å². The number of phenols is 1. The summed E-state index contributed by atoms with van der Waals surface area (Å²) in [5.74, 6) is -1.54. The van der Waals surface area contributed by atoms with Crippen LogP contribution >= 0.6 is 15.2 Å². The van der Waals surface area contributed by atoms with Crippen molar-refractivity contribution in [2.45, 2.75) is 12.5 Å². The molecule has 0 spiro atoms. The molecule has 0 amide bonds. The summed E-state index contributed by atoms with van der Waals surface area (Å²) in [7, 11) is -9.47. The molecule has 0 bridgehead atoms. The highest BCUT2D eigenvalue weighted by molar-refractivity contribution is 7.52. The van der Waals surface area contributed by atoms with E-state index in [-0.39, 0.29) is 12.2 Å². The lowest BCUT2D eigenvalue weighted by molar-refractivity contribution is -0.142. The molecule has 0 radical (unpaired) electrons. The van der Waals surface area contributed by atoms with Crippen LogP contribution in [0, 0.1) is 0 Å². The number of carbonyl (C=O) groups is 1. The molecular weight excluding hydrogens is 352 g/mol. The summed E-state index contributed by atoms with van der Waals surface area (Å²) in [6, 6.07) is 3.84. The van der Waals surface area contributed by atoms with Crippen molar-refractivity contribution in [3.8, 4) is 5.75 Å². The SMILES string of the molecule is O=C(O)[C@H](Cc1ccc(O)cc1)N(CP(=O)(O)O)CP(=O)(O)O. The van der Waals surface area contributed by atoms with Crippen LogP contribution in [-0.2, 0) is 20.3 Å². The second-order valence-corrected chi connectivity index (χ2v) is 8.15. The van der Waals surface area contributed by atoms with Crippen molar-refractivity contribution in [3.05, 3.63) is 29.8 Å². The molecule has 1 rings (SSSR count). The molecule has 0 fully saturated rings. The molecule has 130 valence electrons. The summed E-state index contributed by atoms with van der Waals surface area (Å²) in [6.45, 7) is 0. The van der Waals surface area contributed by atoms with Gasteiger partial charge in [0.15, 0.2) is 0 Å². The second-order valence-electron chi connectivity index (χ2n) is 4.93. The van der Waals surface area contributed by atoms with E-state index in [1.165, 1.54) is 24.3 Å². The van der Waals surface area contributed by atoms with Crippen molar-refractivity contribution in [1.82, 2.24) is 4.90 Å². The number of rotatable bonds is 8. The van der Waals surface area contributed by atoms with Crippen LogP contribution < -0.4 is 0 Å². The molecule has 0 aromatic heterocycles. The van der Waals surface area contributed by atoms with Gasteiger partial charge in [-0.3, -0.25) is 18.8 Å². The summed E-state index contributed by atoms with van der Waals surface area (Å²) in [5.41, 5.74) is 0.414. The average Bonchev–Trinajstić information content (AvgIpc) is 2.33. The normalized spacial score (nSPS) is 14.0. The summed E-state index contributed by atoms with van der Waals surface area (Å²) in [4.78, 5) is 48.0. The van der Waals surface area contributed by atoms with E-state index in [0.717, 1.165) is 0 Å². The van der Waals surface area contributed by atoms with E-state index < -0.39 is 39.8 Å². The van der Waals surface area contributed by atoms with Crippen LogP contribution in [0.5, 0.6) is 5.75 Å². The molecular formula is C11H17NO9P2. The lowest BCUT2D eigenvalue weighted by Crippen LogP contribution is -2.43. The Kier molecular flexibility index (Phi) is 6.49. The van der Waals surface area contributed by atoms with Crippen molar-refractivity contribution < 1.29 is 43.7 Å². The largest absolute Gasteiger partial charge is 0.508 e. The van der Waals surface area contributed by atoms with Crippen LogP contribution in [0.3, 0.4) is 0 Å². The molecule has 0 aliphatic rings. The van der Waals surface area contributed by atoms with Gasteiger partial charge in [-0.05, 0) is 24.1 Å². The minimum Gasteiger partial charge on any atom is -0.508 e. The van der Waals surface area contributed by atoms with Gasteiger partial charge in [0.05, 0.1) is 0 Å². The number of carboxylic acid groups (broad SMARTS) is 1. The molecule has 10 nitrogen and oxygen atoms in total. The zero-order chi connectivity index (χ0) is 17.8. The molecule has 12 heteroatoms. The molecule has 0 heterocycles. The number of nitrogens with zero attached hydrogens (tertiary/aromatic N) is 1. The summed E-state index contributed by atoms with van der Waals surface area (Å²) >= 11 is 0. The smallest absolute Gasteiger partial charge is 0.339 e. The maximum Gasteiger partial charge on any atom is 0.339 e. The van der Waals surface area contributed by atoms with Gasteiger partial charge in [-0.15, -0.1) is 0 Å². The molecule has 1 atom stereocenters. The monoisotopic (exact) mass is 369 g/mol. The number of aromatic hydroxyl groups is 1. The molecule has 6 N–H and O–H groups in total. The Labute approximate surface area is 131 Å². The zero-order valence-electron chi connectivity index (χ0n) is 11.8. The number of phenolic OH excluding ortho intramolecular Hbond substituents is 1. The summed E-state index contributed by atoms with van der Waals surface area (Å²) in [6.07, 6.45) is -2.46. The molecule has 0 aliphatic heterocycles. The van der Waals surface area contributed by atoms with Crippen molar-refractivity contribution in [3.63, 3.8) is 0 Å². The standard InChI is InChI=1S/C11H17NO9P2/c13-9-3-1-8(2-4-9)5-10(11(14)15)12(6-22(16,17)18)7-23(19,20)21/h1-4,10,13H,5-7H2,(H,14,15)(H2,16,17,18)(H2,19,20,21)/t10-/m0/s1. The number of carboxylic acids is 1. The van der Waals surface area contributed by atoms with E-state index in [2.05, 4.69) is 0 Å². The fourth-order valence-corrected chi connectivity index (χ4v) is 3.64. The quantitative estimate of drug-likeness (QED) is 0.341. The van der Waals surface area contributed by atoms with E-state index in [1.54, 1.807) is 0 Å². The van der Waals surface area contributed by atoms with E-state index in [9.17, 15) is 24.1 Å². The lowest BCUT2D eigenvalue weighted by atomic mass is 10.1. The minimum atomic E-state index is -4.73. The lowest BCUT2D eigenvalue weighted by Gasteiger charge is -2.29. The Morgan fingerprint density at radius 1 is 1.00 bits per heavy atom. The molecule has 0 aliphatic carbocycles. The van der Waals surface area contributed by atoms with E-state index in [0.29, 0.717) is 10.5 Å². The van der Waals surface area contributed by atoms with Crippen molar-refractivity contribution in [2.75, 3.05) is 12.6 Å².